The fraction of sp³-hybridized carbons (Fsp3) is 0.0857. The zero-order valence-corrected chi connectivity index (χ0v) is 42.2. The van der Waals surface area contributed by atoms with Crippen LogP contribution in [0.1, 0.15) is 49.9 Å². The van der Waals surface area contributed by atoms with Crippen molar-refractivity contribution in [2.75, 3.05) is 9.80 Å². The van der Waals surface area contributed by atoms with Gasteiger partial charge in [-0.2, -0.15) is 0 Å². The number of halogens is 4. The first-order chi connectivity index (χ1) is 36.9. The van der Waals surface area contributed by atoms with Gasteiger partial charge in [0.15, 0.2) is 0 Å². The summed E-state index contributed by atoms with van der Waals surface area (Å²) < 4.78 is 64.4. The lowest BCUT2D eigenvalue weighted by Crippen LogP contribution is -2.17. The molecule has 0 atom stereocenters. The Balaban J connectivity index is 1.05. The molecule has 0 spiro atoms. The highest BCUT2D eigenvalue weighted by Gasteiger charge is 2.40. The molecule has 0 saturated carbocycles. The van der Waals surface area contributed by atoms with Gasteiger partial charge >= 0.3 is 0 Å². The maximum Gasteiger partial charge on any atom is 0.147 e. The van der Waals surface area contributed by atoms with E-state index in [-0.39, 0.29) is 22.5 Å². The first-order valence-electron chi connectivity index (χ1n) is 25.8. The average molecular weight is 993 g/mol. The van der Waals surface area contributed by atoms with Crippen LogP contribution in [0.2, 0.25) is 0 Å². The molecule has 0 bridgehead atoms. The van der Waals surface area contributed by atoms with Crippen LogP contribution in [0.4, 0.5) is 51.7 Å². The molecule has 14 rings (SSSR count). The molecule has 0 radical (unpaired) electrons. The molecule has 0 unspecified atom stereocenters. The molecule has 76 heavy (non-hydrogen) atoms. The number of fused-ring (bicyclic) bond motifs is 6. The van der Waals surface area contributed by atoms with E-state index in [4.69, 9.17) is 0 Å². The molecular weight excluding hydrogens is 945 g/mol. The summed E-state index contributed by atoms with van der Waals surface area (Å²) in [5, 5.41) is 5.66. The molecule has 366 valence electrons. The molecule has 0 aromatic heterocycles. The second-order valence-corrected chi connectivity index (χ2v) is 21.4. The summed E-state index contributed by atoms with van der Waals surface area (Å²) in [7, 11) is 0. The molecule has 0 N–H and O–H groups in total. The highest BCUT2D eigenvalue weighted by molar-refractivity contribution is 6.28. The summed E-state index contributed by atoms with van der Waals surface area (Å²) in [6.07, 6.45) is 0. The van der Waals surface area contributed by atoms with E-state index in [0.29, 0.717) is 33.6 Å². The van der Waals surface area contributed by atoms with Gasteiger partial charge in [0.2, 0.25) is 0 Å². The number of benzene rings is 12. The van der Waals surface area contributed by atoms with E-state index in [1.165, 1.54) is 47.5 Å². The maximum atomic E-state index is 17.3. The number of rotatable bonds is 8. The SMILES string of the molecule is CC1(C)c2ccccc2-c2c(N(c3cc(-c4cccc(F)c4)ccc3F)c3ccc4ccc5c(N(c6cc(-c7cccc(F)c7)ccc6F)c6cccc7c6-c6ccccc6C7(C)C)ccc6ccc3c4c65)cccc21. The van der Waals surface area contributed by atoms with Crippen molar-refractivity contribution in [3.8, 4) is 44.5 Å². The van der Waals surface area contributed by atoms with Crippen molar-refractivity contribution < 1.29 is 17.6 Å². The third-order valence-corrected chi connectivity index (χ3v) is 16.4. The van der Waals surface area contributed by atoms with Crippen molar-refractivity contribution >= 4 is 66.4 Å². The summed E-state index contributed by atoms with van der Waals surface area (Å²) in [5.41, 5.74) is 14.5. The van der Waals surface area contributed by atoms with Crippen molar-refractivity contribution in [3.05, 3.63) is 264 Å². The number of nitrogens with zero attached hydrogens (tertiary/aromatic N) is 2. The lowest BCUT2D eigenvalue weighted by Gasteiger charge is -2.32. The van der Waals surface area contributed by atoms with Gasteiger partial charge in [0.1, 0.15) is 23.3 Å². The minimum Gasteiger partial charge on any atom is -0.306 e. The Morgan fingerprint density at radius 3 is 1.12 bits per heavy atom. The smallest absolute Gasteiger partial charge is 0.147 e. The fourth-order valence-corrected chi connectivity index (χ4v) is 12.8. The van der Waals surface area contributed by atoms with E-state index in [1.54, 1.807) is 24.3 Å². The van der Waals surface area contributed by atoms with Gasteiger partial charge in [-0.05, 0) is 150 Å². The summed E-state index contributed by atoms with van der Waals surface area (Å²) in [5.74, 6) is -1.63. The Bertz CT molecular complexity index is 4100. The van der Waals surface area contributed by atoms with Crippen molar-refractivity contribution in [3.63, 3.8) is 0 Å². The van der Waals surface area contributed by atoms with Crippen molar-refractivity contribution in [2.45, 2.75) is 38.5 Å². The molecular formula is C70H48F4N2. The topological polar surface area (TPSA) is 6.48 Å². The largest absolute Gasteiger partial charge is 0.306 e. The van der Waals surface area contributed by atoms with Crippen LogP contribution in [0, 0.1) is 23.3 Å². The van der Waals surface area contributed by atoms with Crippen LogP contribution < -0.4 is 9.80 Å². The van der Waals surface area contributed by atoms with Gasteiger partial charge in [-0.25, -0.2) is 17.6 Å². The maximum absolute atomic E-state index is 17.3. The van der Waals surface area contributed by atoms with Gasteiger partial charge in [0.05, 0.1) is 34.1 Å². The Labute approximate surface area is 438 Å². The fourth-order valence-electron chi connectivity index (χ4n) is 12.8. The molecule has 0 aliphatic heterocycles. The van der Waals surface area contributed by atoms with Crippen LogP contribution in [0.5, 0.6) is 0 Å². The molecule has 0 fully saturated rings. The van der Waals surface area contributed by atoms with Crippen molar-refractivity contribution in [2.24, 2.45) is 0 Å². The lowest BCUT2D eigenvalue weighted by atomic mass is 9.82. The normalized spacial score (nSPS) is 13.7. The monoisotopic (exact) mass is 992 g/mol. The van der Waals surface area contributed by atoms with Crippen LogP contribution in [0.25, 0.3) is 76.8 Å². The zero-order valence-electron chi connectivity index (χ0n) is 42.2. The predicted octanol–water partition coefficient (Wildman–Crippen LogP) is 20.0. The first kappa shape index (κ1) is 45.6. The minimum absolute atomic E-state index is 0.314. The first-order valence-corrected chi connectivity index (χ1v) is 25.8. The van der Waals surface area contributed by atoms with Crippen LogP contribution >= 0.6 is 0 Å². The van der Waals surface area contributed by atoms with E-state index >= 15 is 8.78 Å². The quantitative estimate of drug-likeness (QED) is 0.111. The van der Waals surface area contributed by atoms with Gasteiger partial charge in [-0.1, -0.05) is 173 Å². The number of hydrogen-bond acceptors (Lipinski definition) is 2. The van der Waals surface area contributed by atoms with Gasteiger partial charge in [0.25, 0.3) is 0 Å². The average Bonchev–Trinajstić information content (AvgIpc) is 3.89. The molecule has 0 amide bonds. The van der Waals surface area contributed by atoms with E-state index in [0.717, 1.165) is 88.4 Å². The van der Waals surface area contributed by atoms with Crippen LogP contribution in [-0.2, 0) is 10.8 Å². The second-order valence-electron chi connectivity index (χ2n) is 21.4. The second kappa shape index (κ2) is 16.8. The van der Waals surface area contributed by atoms with Gasteiger partial charge in [0, 0.05) is 32.7 Å². The van der Waals surface area contributed by atoms with Gasteiger partial charge in [-0.15, -0.1) is 0 Å². The zero-order chi connectivity index (χ0) is 51.8. The molecule has 2 nitrogen and oxygen atoms in total. The summed E-state index contributed by atoms with van der Waals surface area (Å²) in [4.78, 5) is 4.10. The summed E-state index contributed by atoms with van der Waals surface area (Å²) >= 11 is 0. The molecule has 12 aromatic rings. The van der Waals surface area contributed by atoms with E-state index < -0.39 is 11.6 Å². The molecule has 0 heterocycles. The Morgan fingerprint density at radius 2 is 0.684 bits per heavy atom. The van der Waals surface area contributed by atoms with Gasteiger partial charge in [-0.3, -0.25) is 0 Å². The van der Waals surface area contributed by atoms with E-state index in [1.807, 2.05) is 34.1 Å². The molecule has 2 aliphatic carbocycles. The van der Waals surface area contributed by atoms with E-state index in [2.05, 4.69) is 161 Å². The highest BCUT2D eigenvalue weighted by Crippen LogP contribution is 2.58. The van der Waals surface area contributed by atoms with Crippen LogP contribution in [0.15, 0.2) is 218 Å². The molecule has 12 aromatic carbocycles. The van der Waals surface area contributed by atoms with Crippen molar-refractivity contribution in [1.82, 2.24) is 0 Å². The Kier molecular flexibility index (Phi) is 10.1. The Morgan fingerprint density at radius 1 is 0.303 bits per heavy atom. The number of anilines is 6. The third-order valence-electron chi connectivity index (χ3n) is 16.4. The van der Waals surface area contributed by atoms with Crippen LogP contribution in [-0.4, -0.2) is 0 Å². The minimum atomic E-state index is -0.436. The van der Waals surface area contributed by atoms with E-state index in [9.17, 15) is 8.78 Å². The Hall–Kier alpha value is -9.00. The molecule has 2 aliphatic rings. The summed E-state index contributed by atoms with van der Waals surface area (Å²) in [6, 6.07) is 69.2. The summed E-state index contributed by atoms with van der Waals surface area (Å²) in [6.45, 7) is 8.95. The van der Waals surface area contributed by atoms with Crippen molar-refractivity contribution in [1.29, 1.82) is 0 Å². The highest BCUT2D eigenvalue weighted by atomic mass is 19.1. The molecule has 6 heteroatoms. The third kappa shape index (κ3) is 6.72. The number of hydrogen-bond donors (Lipinski definition) is 0. The molecule has 0 saturated heterocycles. The standard InChI is InChI=1S/C70H48F4N2/c1-69(2)53-19-7-5-17-49(53)67-55(69)21-11-23-61(67)75(63-39-45(27-33-57(63)73)43-13-9-15-47(71)37-43)59-35-29-41-26-32-52-60(36-30-42-25-31-51(59)65(41)66(42)52)76(64-40-46(28-34-58(64)74)44-14-10-16-48(72)38-44)62-24-12-22-56-68(62)50-18-6-8-20-54(50)70(56,3)4/h5-40H,1-4H3. The lowest BCUT2D eigenvalue weighted by molar-refractivity contribution is 0.627. The predicted molar refractivity (Wildman–Crippen MR) is 305 cm³/mol. The van der Waals surface area contributed by atoms with Gasteiger partial charge < -0.3 is 9.80 Å². The van der Waals surface area contributed by atoms with Crippen LogP contribution in [0.3, 0.4) is 0 Å².